The molecule has 0 radical (unpaired) electrons. The molecule has 1 aromatic carbocycles. The molecule has 0 amide bonds. The highest BCUT2D eigenvalue weighted by molar-refractivity contribution is 7.15. The molecule has 0 aliphatic heterocycles. The van der Waals surface area contributed by atoms with Crippen molar-refractivity contribution in [3.63, 3.8) is 0 Å². The summed E-state index contributed by atoms with van der Waals surface area (Å²) in [5, 5.41) is 12.1. The number of aryl methyl sites for hydroxylation is 1. The van der Waals surface area contributed by atoms with E-state index < -0.39 is 29.3 Å². The number of carboxylic acids is 1. The van der Waals surface area contributed by atoms with Crippen molar-refractivity contribution in [1.29, 1.82) is 0 Å². The number of carboxylic acid groups (broad SMARTS) is 1. The smallest absolute Gasteiger partial charge is 0.312 e. The summed E-state index contributed by atoms with van der Waals surface area (Å²) in [4.78, 5) is 16.1. The fraction of sp³-hybridized carbons (Fsp3) is 0.231. The minimum atomic E-state index is -1.53. The zero-order chi connectivity index (χ0) is 15.1. The molecule has 2 aromatic rings. The lowest BCUT2D eigenvalue weighted by Crippen LogP contribution is -2.08. The van der Waals surface area contributed by atoms with E-state index in [0.29, 0.717) is 23.7 Å². The van der Waals surface area contributed by atoms with Crippen molar-refractivity contribution in [1.82, 2.24) is 4.98 Å². The SMILES string of the molecule is O=C(O)C1CCc2sc(Nc3cc(F)c(F)c(F)c3)nc21. The van der Waals surface area contributed by atoms with Crippen molar-refractivity contribution in [2.24, 2.45) is 0 Å². The molecule has 0 fully saturated rings. The fourth-order valence-corrected chi connectivity index (χ4v) is 3.33. The summed E-state index contributed by atoms with van der Waals surface area (Å²) >= 11 is 1.23. The van der Waals surface area contributed by atoms with Gasteiger partial charge in [0.15, 0.2) is 22.6 Å². The van der Waals surface area contributed by atoms with Gasteiger partial charge in [-0.25, -0.2) is 18.2 Å². The third kappa shape index (κ3) is 2.46. The Bertz CT molecular complexity index is 709. The molecule has 0 saturated heterocycles. The van der Waals surface area contributed by atoms with E-state index in [1.807, 2.05) is 0 Å². The highest BCUT2D eigenvalue weighted by Crippen LogP contribution is 2.39. The molecule has 1 aromatic heterocycles. The second-order valence-corrected chi connectivity index (χ2v) is 5.72. The maximum absolute atomic E-state index is 13.1. The number of hydrogen-bond donors (Lipinski definition) is 2. The molecule has 1 heterocycles. The molecule has 1 atom stereocenters. The van der Waals surface area contributed by atoms with Gasteiger partial charge in [0.25, 0.3) is 0 Å². The Hall–Kier alpha value is -2.09. The van der Waals surface area contributed by atoms with Crippen molar-refractivity contribution in [2.75, 3.05) is 5.32 Å². The zero-order valence-corrected chi connectivity index (χ0v) is 11.3. The van der Waals surface area contributed by atoms with Gasteiger partial charge in [-0.3, -0.25) is 4.79 Å². The predicted molar refractivity (Wildman–Crippen MR) is 70.4 cm³/mol. The number of anilines is 2. The standard InChI is InChI=1S/C13H9F3N2O2S/c14-7-3-5(4-8(15)10(7)16)17-13-18-11-6(12(19)20)1-2-9(11)21-13/h3-4,6H,1-2H2,(H,17,18)(H,19,20). The lowest BCUT2D eigenvalue weighted by atomic mass is 10.1. The van der Waals surface area contributed by atoms with Crippen molar-refractivity contribution < 1.29 is 23.1 Å². The second kappa shape index (κ2) is 5.03. The number of nitrogens with zero attached hydrogens (tertiary/aromatic N) is 1. The maximum Gasteiger partial charge on any atom is 0.312 e. The first kappa shape index (κ1) is 13.9. The molecule has 2 N–H and O–H groups in total. The van der Waals surface area contributed by atoms with E-state index in [-0.39, 0.29) is 5.69 Å². The summed E-state index contributed by atoms with van der Waals surface area (Å²) in [6.07, 6.45) is 1.11. The van der Waals surface area contributed by atoms with E-state index >= 15 is 0 Å². The maximum atomic E-state index is 13.1. The van der Waals surface area contributed by atoms with Crippen LogP contribution in [0, 0.1) is 17.5 Å². The van der Waals surface area contributed by atoms with Crippen LogP contribution >= 0.6 is 11.3 Å². The minimum absolute atomic E-state index is 0.0192. The monoisotopic (exact) mass is 314 g/mol. The summed E-state index contributed by atoms with van der Waals surface area (Å²) in [5.41, 5.74) is 0.503. The van der Waals surface area contributed by atoms with Crippen molar-refractivity contribution in [3.05, 3.63) is 40.2 Å². The van der Waals surface area contributed by atoms with Crippen LogP contribution in [0.15, 0.2) is 12.1 Å². The van der Waals surface area contributed by atoms with Gasteiger partial charge in [0.2, 0.25) is 0 Å². The first-order chi connectivity index (χ1) is 9.95. The first-order valence-corrected chi connectivity index (χ1v) is 6.91. The van der Waals surface area contributed by atoms with Crippen LogP contribution in [0.5, 0.6) is 0 Å². The molecule has 110 valence electrons. The third-order valence-electron chi connectivity index (χ3n) is 3.25. The molecule has 0 saturated carbocycles. The number of fused-ring (bicyclic) bond motifs is 1. The first-order valence-electron chi connectivity index (χ1n) is 6.09. The number of aliphatic carboxylic acids is 1. The molecule has 21 heavy (non-hydrogen) atoms. The molecule has 4 nitrogen and oxygen atoms in total. The van der Waals surface area contributed by atoms with Gasteiger partial charge in [0.1, 0.15) is 5.92 Å². The number of benzene rings is 1. The Balaban J connectivity index is 1.87. The largest absolute Gasteiger partial charge is 0.481 e. The van der Waals surface area contributed by atoms with Crippen LogP contribution in [0.4, 0.5) is 24.0 Å². The van der Waals surface area contributed by atoms with Gasteiger partial charge in [-0.2, -0.15) is 0 Å². The number of hydrogen-bond acceptors (Lipinski definition) is 4. The number of rotatable bonds is 3. The Morgan fingerprint density at radius 2 is 2.00 bits per heavy atom. The fourth-order valence-electron chi connectivity index (χ4n) is 2.27. The highest BCUT2D eigenvalue weighted by atomic mass is 32.1. The van der Waals surface area contributed by atoms with Crippen LogP contribution in [0.1, 0.15) is 22.9 Å². The lowest BCUT2D eigenvalue weighted by molar-refractivity contribution is -0.138. The molecule has 0 bridgehead atoms. The van der Waals surface area contributed by atoms with Crippen LogP contribution < -0.4 is 5.32 Å². The van der Waals surface area contributed by atoms with E-state index in [0.717, 1.165) is 17.0 Å². The van der Waals surface area contributed by atoms with E-state index in [4.69, 9.17) is 5.11 Å². The normalized spacial score (nSPS) is 16.8. The zero-order valence-electron chi connectivity index (χ0n) is 10.5. The average Bonchev–Trinajstić information content (AvgIpc) is 2.94. The van der Waals surface area contributed by atoms with Gasteiger partial charge in [-0.15, -0.1) is 11.3 Å². The van der Waals surface area contributed by atoms with Gasteiger partial charge >= 0.3 is 5.97 Å². The molecular formula is C13H9F3N2O2S. The summed E-state index contributed by atoms with van der Waals surface area (Å²) < 4.78 is 39.1. The highest BCUT2D eigenvalue weighted by Gasteiger charge is 2.32. The third-order valence-corrected chi connectivity index (χ3v) is 4.30. The van der Waals surface area contributed by atoms with Gasteiger partial charge in [0, 0.05) is 22.7 Å². The van der Waals surface area contributed by atoms with Crippen molar-refractivity contribution in [2.45, 2.75) is 18.8 Å². The summed E-state index contributed by atoms with van der Waals surface area (Å²) in [6, 6.07) is 1.64. The van der Waals surface area contributed by atoms with Gasteiger partial charge in [-0.1, -0.05) is 0 Å². The number of halogens is 3. The van der Waals surface area contributed by atoms with E-state index in [9.17, 15) is 18.0 Å². The molecule has 3 rings (SSSR count). The number of thiazole rings is 1. The van der Waals surface area contributed by atoms with Crippen LogP contribution in [0.2, 0.25) is 0 Å². The number of carbonyl (C=O) groups is 1. The minimum Gasteiger partial charge on any atom is -0.481 e. The molecule has 1 unspecified atom stereocenters. The average molecular weight is 314 g/mol. The summed E-state index contributed by atoms with van der Waals surface area (Å²) in [7, 11) is 0. The molecule has 1 aliphatic rings. The van der Waals surface area contributed by atoms with Crippen LogP contribution in [-0.2, 0) is 11.2 Å². The number of aromatic nitrogens is 1. The van der Waals surface area contributed by atoms with Crippen molar-refractivity contribution in [3.8, 4) is 0 Å². The molecule has 8 heteroatoms. The molecule has 1 aliphatic carbocycles. The number of nitrogens with one attached hydrogen (secondary N) is 1. The van der Waals surface area contributed by atoms with E-state index in [1.165, 1.54) is 11.3 Å². The van der Waals surface area contributed by atoms with Gasteiger partial charge < -0.3 is 10.4 Å². The molecule has 0 spiro atoms. The quantitative estimate of drug-likeness (QED) is 0.852. The van der Waals surface area contributed by atoms with E-state index in [2.05, 4.69) is 10.3 Å². The van der Waals surface area contributed by atoms with Crippen LogP contribution in [0.3, 0.4) is 0 Å². The topological polar surface area (TPSA) is 62.2 Å². The Morgan fingerprint density at radius 3 is 2.62 bits per heavy atom. The van der Waals surface area contributed by atoms with Gasteiger partial charge in [-0.05, 0) is 12.8 Å². The Kier molecular flexibility index (Phi) is 3.32. The van der Waals surface area contributed by atoms with Crippen LogP contribution in [0.25, 0.3) is 0 Å². The van der Waals surface area contributed by atoms with Crippen LogP contribution in [-0.4, -0.2) is 16.1 Å². The Morgan fingerprint density at radius 1 is 1.33 bits per heavy atom. The Labute approximate surface area is 121 Å². The lowest BCUT2D eigenvalue weighted by Gasteiger charge is -2.05. The summed E-state index contributed by atoms with van der Waals surface area (Å²) in [6.45, 7) is 0. The molecular weight excluding hydrogens is 305 g/mol. The second-order valence-electron chi connectivity index (χ2n) is 4.64. The van der Waals surface area contributed by atoms with Gasteiger partial charge in [0.05, 0.1) is 5.69 Å². The van der Waals surface area contributed by atoms with E-state index in [1.54, 1.807) is 0 Å². The van der Waals surface area contributed by atoms with Crippen molar-refractivity contribution >= 4 is 28.1 Å². The predicted octanol–water partition coefficient (Wildman–Crippen LogP) is 3.42. The summed E-state index contributed by atoms with van der Waals surface area (Å²) in [5.74, 6) is -5.72.